The number of fused-ring (bicyclic) bond motifs is 1. The van der Waals surface area contributed by atoms with Gasteiger partial charge >= 0.3 is 0 Å². The van der Waals surface area contributed by atoms with Crippen LogP contribution in [0, 0.1) is 0 Å². The Balaban J connectivity index is 2.19. The van der Waals surface area contributed by atoms with Crippen LogP contribution in [0.5, 0.6) is 5.88 Å². The van der Waals surface area contributed by atoms with Gasteiger partial charge in [-0.05, 0) is 25.0 Å². The highest BCUT2D eigenvalue weighted by Crippen LogP contribution is 2.24. The average molecular weight is 273 g/mol. The number of aromatic nitrogens is 2. The number of ether oxygens (including phenoxy) is 1. The van der Waals surface area contributed by atoms with Crippen molar-refractivity contribution in [1.82, 2.24) is 9.97 Å². The molecular weight excluding hydrogens is 250 g/mol. The van der Waals surface area contributed by atoms with Gasteiger partial charge in [-0.3, -0.25) is 0 Å². The van der Waals surface area contributed by atoms with E-state index in [0.29, 0.717) is 18.4 Å². The van der Waals surface area contributed by atoms with Gasteiger partial charge in [-0.1, -0.05) is 38.8 Å². The summed E-state index contributed by atoms with van der Waals surface area (Å²) in [6, 6.07) is 7.98. The number of unbranched alkanes of at least 4 members (excludes halogenated alkanes) is 2. The highest BCUT2D eigenvalue weighted by Gasteiger charge is 2.08. The number of hydrogen-bond acceptors (Lipinski definition) is 4. The smallest absolute Gasteiger partial charge is 0.226 e. The van der Waals surface area contributed by atoms with Crippen molar-refractivity contribution >= 4 is 16.9 Å². The third-order valence-electron chi connectivity index (χ3n) is 3.09. The normalized spacial score (nSPS) is 10.7. The van der Waals surface area contributed by atoms with Crippen molar-refractivity contribution in [2.24, 2.45) is 0 Å². The number of nitrogens with one attached hydrogen (secondary N) is 1. The van der Waals surface area contributed by atoms with E-state index in [2.05, 4.69) is 29.1 Å². The Morgan fingerprint density at radius 2 is 1.90 bits per heavy atom. The van der Waals surface area contributed by atoms with E-state index in [1.54, 1.807) is 0 Å². The molecule has 0 spiro atoms. The molecule has 108 valence electrons. The quantitative estimate of drug-likeness (QED) is 0.738. The Morgan fingerprint density at radius 1 is 1.05 bits per heavy atom. The van der Waals surface area contributed by atoms with Gasteiger partial charge in [-0.2, -0.15) is 4.98 Å². The lowest BCUT2D eigenvalue weighted by Gasteiger charge is -2.10. The Kier molecular flexibility index (Phi) is 5.59. The molecule has 0 aliphatic carbocycles. The standard InChI is InChI=1S/C16H23N3O/c1-3-5-8-12-20-15-13-9-6-7-10-14(13)18-16(19-15)17-11-4-2/h6-7,9-10H,3-5,8,11-12H2,1-2H3,(H,17,18,19). The molecule has 0 saturated heterocycles. The summed E-state index contributed by atoms with van der Waals surface area (Å²) >= 11 is 0. The molecule has 0 atom stereocenters. The molecule has 1 N–H and O–H groups in total. The number of para-hydroxylation sites is 1. The average Bonchev–Trinajstić information content (AvgIpc) is 2.49. The van der Waals surface area contributed by atoms with Crippen molar-refractivity contribution < 1.29 is 4.74 Å². The zero-order chi connectivity index (χ0) is 14.2. The molecule has 0 aliphatic rings. The predicted molar refractivity (Wildman–Crippen MR) is 83.3 cm³/mol. The first kappa shape index (κ1) is 14.6. The SMILES string of the molecule is CCCCCOc1nc(NCCC)nc2ccccc12. The van der Waals surface area contributed by atoms with E-state index in [4.69, 9.17) is 4.74 Å². The molecule has 1 heterocycles. The second-order valence-corrected chi connectivity index (χ2v) is 4.85. The van der Waals surface area contributed by atoms with Gasteiger partial charge in [0.2, 0.25) is 11.8 Å². The predicted octanol–water partition coefficient (Wildman–Crippen LogP) is 4.02. The number of nitrogens with zero attached hydrogens (tertiary/aromatic N) is 2. The molecule has 1 aromatic carbocycles. The van der Waals surface area contributed by atoms with E-state index >= 15 is 0 Å². The van der Waals surface area contributed by atoms with Gasteiger partial charge < -0.3 is 10.1 Å². The summed E-state index contributed by atoms with van der Waals surface area (Å²) in [6.45, 7) is 5.89. The Hall–Kier alpha value is -1.84. The van der Waals surface area contributed by atoms with Crippen LogP contribution >= 0.6 is 0 Å². The van der Waals surface area contributed by atoms with Crippen molar-refractivity contribution in [2.45, 2.75) is 39.5 Å². The van der Waals surface area contributed by atoms with E-state index < -0.39 is 0 Å². The van der Waals surface area contributed by atoms with Crippen LogP contribution in [0.1, 0.15) is 39.5 Å². The second kappa shape index (κ2) is 7.68. The number of benzene rings is 1. The zero-order valence-corrected chi connectivity index (χ0v) is 12.4. The van der Waals surface area contributed by atoms with Crippen molar-refractivity contribution in [3.63, 3.8) is 0 Å². The maximum atomic E-state index is 5.85. The van der Waals surface area contributed by atoms with Crippen LogP contribution < -0.4 is 10.1 Å². The van der Waals surface area contributed by atoms with Crippen molar-refractivity contribution in [1.29, 1.82) is 0 Å². The summed E-state index contributed by atoms with van der Waals surface area (Å²) in [4.78, 5) is 9.01. The largest absolute Gasteiger partial charge is 0.477 e. The third-order valence-corrected chi connectivity index (χ3v) is 3.09. The van der Waals surface area contributed by atoms with Gasteiger partial charge in [-0.25, -0.2) is 4.98 Å². The van der Waals surface area contributed by atoms with Gasteiger partial charge in [0, 0.05) is 6.54 Å². The van der Waals surface area contributed by atoms with E-state index in [9.17, 15) is 0 Å². The van der Waals surface area contributed by atoms with Gasteiger partial charge in [0.05, 0.1) is 17.5 Å². The first-order valence-corrected chi connectivity index (χ1v) is 7.48. The lowest BCUT2D eigenvalue weighted by molar-refractivity contribution is 0.299. The van der Waals surface area contributed by atoms with Crippen LogP contribution in [0.2, 0.25) is 0 Å². The molecule has 1 aromatic heterocycles. The minimum Gasteiger partial charge on any atom is -0.477 e. The number of rotatable bonds is 8. The molecule has 0 amide bonds. The topological polar surface area (TPSA) is 47.0 Å². The molecule has 2 aromatic rings. The first-order valence-electron chi connectivity index (χ1n) is 7.48. The van der Waals surface area contributed by atoms with Crippen molar-refractivity contribution in [3.8, 4) is 5.88 Å². The molecule has 0 bridgehead atoms. The monoisotopic (exact) mass is 273 g/mol. The Bertz CT molecular complexity index is 542. The summed E-state index contributed by atoms with van der Waals surface area (Å²) < 4.78 is 5.85. The zero-order valence-electron chi connectivity index (χ0n) is 12.4. The molecule has 0 aliphatic heterocycles. The van der Waals surface area contributed by atoms with Crippen LogP contribution in [0.4, 0.5) is 5.95 Å². The lowest BCUT2D eigenvalue weighted by Crippen LogP contribution is -2.07. The first-order chi connectivity index (χ1) is 9.85. The number of hydrogen-bond donors (Lipinski definition) is 1. The van der Waals surface area contributed by atoms with Gasteiger partial charge in [0.15, 0.2) is 0 Å². The van der Waals surface area contributed by atoms with Crippen LogP contribution in [0.3, 0.4) is 0 Å². The molecule has 0 saturated carbocycles. The number of anilines is 1. The summed E-state index contributed by atoms with van der Waals surface area (Å²) in [5, 5.41) is 4.20. The van der Waals surface area contributed by atoms with E-state index in [0.717, 1.165) is 30.3 Å². The van der Waals surface area contributed by atoms with Gasteiger partial charge in [0.1, 0.15) is 0 Å². The Morgan fingerprint density at radius 3 is 2.70 bits per heavy atom. The molecule has 0 unspecified atom stereocenters. The maximum Gasteiger partial charge on any atom is 0.226 e. The molecule has 4 heteroatoms. The fourth-order valence-corrected chi connectivity index (χ4v) is 1.99. The maximum absolute atomic E-state index is 5.85. The van der Waals surface area contributed by atoms with Gasteiger partial charge in [0.25, 0.3) is 0 Å². The summed E-state index contributed by atoms with van der Waals surface area (Å²) in [5.41, 5.74) is 0.923. The molecule has 0 fully saturated rings. The molecule has 20 heavy (non-hydrogen) atoms. The summed E-state index contributed by atoms with van der Waals surface area (Å²) in [5.74, 6) is 1.33. The van der Waals surface area contributed by atoms with Crippen LogP contribution in [0.25, 0.3) is 10.9 Å². The highest BCUT2D eigenvalue weighted by atomic mass is 16.5. The summed E-state index contributed by atoms with van der Waals surface area (Å²) in [7, 11) is 0. The van der Waals surface area contributed by atoms with E-state index in [1.165, 1.54) is 12.8 Å². The molecule has 0 radical (unpaired) electrons. The third kappa shape index (κ3) is 3.83. The second-order valence-electron chi connectivity index (χ2n) is 4.85. The van der Waals surface area contributed by atoms with E-state index in [1.807, 2.05) is 24.3 Å². The Labute approximate surface area is 120 Å². The van der Waals surface area contributed by atoms with Crippen LogP contribution in [-0.4, -0.2) is 23.1 Å². The molecule has 4 nitrogen and oxygen atoms in total. The highest BCUT2D eigenvalue weighted by molar-refractivity contribution is 5.84. The fraction of sp³-hybridized carbons (Fsp3) is 0.500. The van der Waals surface area contributed by atoms with Crippen molar-refractivity contribution in [2.75, 3.05) is 18.5 Å². The van der Waals surface area contributed by atoms with Crippen LogP contribution in [-0.2, 0) is 0 Å². The molecule has 2 rings (SSSR count). The molecular formula is C16H23N3O. The lowest BCUT2D eigenvalue weighted by atomic mass is 10.2. The summed E-state index contributed by atoms with van der Waals surface area (Å²) in [6.07, 6.45) is 4.48. The van der Waals surface area contributed by atoms with Crippen LogP contribution in [0.15, 0.2) is 24.3 Å². The van der Waals surface area contributed by atoms with Crippen molar-refractivity contribution in [3.05, 3.63) is 24.3 Å². The minimum atomic E-state index is 0.649. The fourth-order valence-electron chi connectivity index (χ4n) is 1.99. The minimum absolute atomic E-state index is 0.649. The van der Waals surface area contributed by atoms with Gasteiger partial charge in [-0.15, -0.1) is 0 Å². The van der Waals surface area contributed by atoms with E-state index in [-0.39, 0.29) is 0 Å².